The fraction of sp³-hybridized carbons (Fsp3) is 0.958. The standard InChI is InChI=1S/C24H40O7S/c1-14(4-7-21(26)27)17-5-6-18-22-19(9-11-24(17,18)3)23(2)10-8-16(31-32(28,29)30)12-15(23)13-20(22)25/h14-20,22,25H,4-13H2,1-3H3,(H,26,27)(H,28,29,30)/t14-,15+,16+,17-,18+,19+,20+,22+,23+,24-/m1/s1. The molecule has 7 nitrogen and oxygen atoms in total. The minimum absolute atomic E-state index is 0.0529. The molecule has 32 heavy (non-hydrogen) atoms. The van der Waals surface area contributed by atoms with Crippen molar-refractivity contribution in [3.63, 3.8) is 0 Å². The minimum atomic E-state index is -4.46. The first-order valence-electron chi connectivity index (χ1n) is 12.4. The van der Waals surface area contributed by atoms with E-state index in [-0.39, 0.29) is 29.1 Å². The van der Waals surface area contributed by atoms with Gasteiger partial charge in [0.1, 0.15) is 0 Å². The maximum atomic E-state index is 11.4. The van der Waals surface area contributed by atoms with E-state index in [1.54, 1.807) is 0 Å². The highest BCUT2D eigenvalue weighted by molar-refractivity contribution is 7.80. The van der Waals surface area contributed by atoms with Crippen LogP contribution in [0.15, 0.2) is 0 Å². The van der Waals surface area contributed by atoms with Gasteiger partial charge in [-0.25, -0.2) is 4.18 Å². The number of rotatable bonds is 6. The van der Waals surface area contributed by atoms with Gasteiger partial charge < -0.3 is 10.2 Å². The molecule has 4 saturated carbocycles. The van der Waals surface area contributed by atoms with Crippen LogP contribution >= 0.6 is 0 Å². The molecular formula is C24H40O7S. The van der Waals surface area contributed by atoms with Crippen molar-refractivity contribution in [1.29, 1.82) is 0 Å². The Morgan fingerprint density at radius 1 is 1.06 bits per heavy atom. The lowest BCUT2D eigenvalue weighted by atomic mass is 9.43. The first-order valence-corrected chi connectivity index (χ1v) is 13.8. The maximum absolute atomic E-state index is 11.4. The quantitative estimate of drug-likeness (QED) is 0.493. The summed E-state index contributed by atoms with van der Waals surface area (Å²) >= 11 is 0. The van der Waals surface area contributed by atoms with Gasteiger partial charge in [-0.2, -0.15) is 8.42 Å². The zero-order valence-corrected chi connectivity index (χ0v) is 20.4. The molecule has 0 heterocycles. The van der Waals surface area contributed by atoms with E-state index >= 15 is 0 Å². The van der Waals surface area contributed by atoms with E-state index in [2.05, 4.69) is 20.8 Å². The third kappa shape index (κ3) is 4.25. The van der Waals surface area contributed by atoms with Gasteiger partial charge in [-0.15, -0.1) is 0 Å². The summed E-state index contributed by atoms with van der Waals surface area (Å²) in [6.45, 7) is 6.93. The van der Waals surface area contributed by atoms with Gasteiger partial charge in [-0.3, -0.25) is 9.35 Å². The van der Waals surface area contributed by atoms with Gasteiger partial charge in [0.15, 0.2) is 0 Å². The Hall–Kier alpha value is -0.700. The van der Waals surface area contributed by atoms with Crippen LogP contribution in [0.5, 0.6) is 0 Å². The van der Waals surface area contributed by atoms with Gasteiger partial charge in [0.25, 0.3) is 0 Å². The van der Waals surface area contributed by atoms with Crippen LogP contribution in [0.4, 0.5) is 0 Å². The molecule has 10 atom stereocenters. The van der Waals surface area contributed by atoms with Gasteiger partial charge in [-0.05, 0) is 104 Å². The molecule has 3 N–H and O–H groups in total. The number of carboxylic acid groups (broad SMARTS) is 1. The molecule has 0 aliphatic heterocycles. The van der Waals surface area contributed by atoms with Crippen molar-refractivity contribution in [3.8, 4) is 0 Å². The van der Waals surface area contributed by atoms with Crippen molar-refractivity contribution in [1.82, 2.24) is 0 Å². The molecule has 0 bridgehead atoms. The monoisotopic (exact) mass is 472 g/mol. The number of carbonyl (C=O) groups is 1. The van der Waals surface area contributed by atoms with Crippen LogP contribution in [0.3, 0.4) is 0 Å². The molecule has 4 rings (SSSR count). The Kier molecular flexibility index (Phi) is 6.49. The highest BCUT2D eigenvalue weighted by atomic mass is 32.3. The molecule has 0 aromatic carbocycles. The van der Waals surface area contributed by atoms with Crippen LogP contribution in [-0.2, 0) is 19.4 Å². The summed E-state index contributed by atoms with van der Waals surface area (Å²) in [6, 6.07) is 0. The zero-order valence-electron chi connectivity index (χ0n) is 19.6. The van der Waals surface area contributed by atoms with Crippen LogP contribution in [0.2, 0.25) is 0 Å². The van der Waals surface area contributed by atoms with Gasteiger partial charge in [0.05, 0.1) is 12.2 Å². The Morgan fingerprint density at radius 2 is 1.72 bits per heavy atom. The number of fused-ring (bicyclic) bond motifs is 5. The normalized spacial score (nSPS) is 47.2. The van der Waals surface area contributed by atoms with E-state index in [1.165, 1.54) is 0 Å². The third-order valence-corrected chi connectivity index (χ3v) is 11.0. The largest absolute Gasteiger partial charge is 0.481 e. The first-order chi connectivity index (χ1) is 14.8. The van der Waals surface area contributed by atoms with E-state index in [1.807, 2.05) is 0 Å². The van der Waals surface area contributed by atoms with Crippen molar-refractivity contribution in [2.45, 2.75) is 97.2 Å². The van der Waals surface area contributed by atoms with Gasteiger partial charge in [0.2, 0.25) is 0 Å². The second-order valence-electron chi connectivity index (χ2n) is 11.9. The predicted molar refractivity (Wildman–Crippen MR) is 119 cm³/mol. The number of hydrogen-bond acceptors (Lipinski definition) is 5. The van der Waals surface area contributed by atoms with Crippen molar-refractivity contribution in [2.75, 3.05) is 0 Å². The molecule has 184 valence electrons. The van der Waals surface area contributed by atoms with Gasteiger partial charge in [0, 0.05) is 6.42 Å². The van der Waals surface area contributed by atoms with E-state index in [4.69, 9.17) is 13.8 Å². The number of aliphatic hydroxyl groups excluding tert-OH is 1. The summed E-state index contributed by atoms with van der Waals surface area (Å²) in [4.78, 5) is 11.1. The van der Waals surface area contributed by atoms with E-state index < -0.39 is 28.6 Å². The smallest absolute Gasteiger partial charge is 0.397 e. The minimum Gasteiger partial charge on any atom is -0.481 e. The van der Waals surface area contributed by atoms with Crippen LogP contribution in [0.1, 0.15) is 85.0 Å². The van der Waals surface area contributed by atoms with E-state index in [0.717, 1.165) is 32.1 Å². The lowest BCUT2D eigenvalue weighted by Gasteiger charge is -2.62. The molecule has 0 unspecified atom stereocenters. The molecule has 0 aromatic heterocycles. The average Bonchev–Trinajstić information content (AvgIpc) is 3.03. The molecular weight excluding hydrogens is 432 g/mol. The van der Waals surface area contributed by atoms with Crippen molar-refractivity contribution >= 4 is 16.4 Å². The van der Waals surface area contributed by atoms with Crippen LogP contribution in [0, 0.1) is 46.3 Å². The third-order valence-electron chi connectivity index (χ3n) is 10.5. The lowest BCUT2D eigenvalue weighted by molar-refractivity contribution is -0.172. The van der Waals surface area contributed by atoms with Crippen molar-refractivity contribution < 1.29 is 32.2 Å². The fourth-order valence-corrected chi connectivity index (χ4v) is 9.49. The Balaban J connectivity index is 1.52. The summed E-state index contributed by atoms with van der Waals surface area (Å²) in [7, 11) is -4.46. The summed E-state index contributed by atoms with van der Waals surface area (Å²) in [5.74, 6) is 1.46. The topological polar surface area (TPSA) is 121 Å². The van der Waals surface area contributed by atoms with Crippen LogP contribution in [-0.4, -0.2) is 41.4 Å². The van der Waals surface area contributed by atoms with Gasteiger partial charge >= 0.3 is 16.4 Å². The van der Waals surface area contributed by atoms with Crippen LogP contribution < -0.4 is 0 Å². The number of aliphatic carboxylic acids is 1. The predicted octanol–water partition coefficient (Wildman–Crippen LogP) is 4.31. The first kappa shape index (κ1) is 24.4. The molecule has 0 saturated heterocycles. The summed E-state index contributed by atoms with van der Waals surface area (Å²) < 4.78 is 36.4. The number of aliphatic hydroxyl groups is 1. The molecule has 8 heteroatoms. The number of hydrogen-bond donors (Lipinski definition) is 3. The second-order valence-corrected chi connectivity index (χ2v) is 12.9. The highest BCUT2D eigenvalue weighted by Crippen LogP contribution is 2.68. The SMILES string of the molecule is C[C@H](CCC(=O)O)[C@H]1CC[C@H]2[C@@H]3[C@@H](O)C[C@@H]4C[C@@H](OS(=O)(=O)O)CC[C@]4(C)[C@H]3CC[C@]12C. The van der Waals surface area contributed by atoms with E-state index in [9.17, 15) is 18.3 Å². The zero-order chi connectivity index (χ0) is 23.5. The van der Waals surface area contributed by atoms with E-state index in [0.29, 0.717) is 49.4 Å². The van der Waals surface area contributed by atoms with Crippen molar-refractivity contribution in [2.24, 2.45) is 46.3 Å². The second kappa shape index (κ2) is 8.51. The molecule has 0 aromatic rings. The molecule has 4 aliphatic rings. The summed E-state index contributed by atoms with van der Waals surface area (Å²) in [6.07, 6.45) is 7.11. The lowest BCUT2D eigenvalue weighted by Crippen LogP contribution is -2.58. The maximum Gasteiger partial charge on any atom is 0.397 e. The summed E-state index contributed by atoms with van der Waals surface area (Å²) in [5.41, 5.74) is 0.200. The van der Waals surface area contributed by atoms with Gasteiger partial charge in [-0.1, -0.05) is 20.8 Å². The molecule has 0 radical (unpaired) electrons. The highest BCUT2D eigenvalue weighted by Gasteiger charge is 2.63. The Labute approximate surface area is 192 Å². The average molecular weight is 473 g/mol. The molecule has 4 fully saturated rings. The van der Waals surface area contributed by atoms with Crippen molar-refractivity contribution in [3.05, 3.63) is 0 Å². The molecule has 0 amide bonds. The van der Waals surface area contributed by atoms with Crippen LogP contribution in [0.25, 0.3) is 0 Å². The Morgan fingerprint density at radius 3 is 2.38 bits per heavy atom. The molecule has 0 spiro atoms. The summed E-state index contributed by atoms with van der Waals surface area (Å²) in [5, 5.41) is 20.5. The molecule has 4 aliphatic carbocycles. The number of carboxylic acids is 1. The fourth-order valence-electron chi connectivity index (χ4n) is 8.97. The Bertz CT molecular complexity index is 828.